The molecule has 2 aliphatic heterocycles. The first kappa shape index (κ1) is 22.0. The number of rotatable bonds is 5. The third-order valence-electron chi connectivity index (χ3n) is 5.58. The third kappa shape index (κ3) is 4.51. The van der Waals surface area contributed by atoms with Gasteiger partial charge in [-0.25, -0.2) is 8.42 Å². The second-order valence-corrected chi connectivity index (χ2v) is 9.58. The summed E-state index contributed by atoms with van der Waals surface area (Å²) in [6.45, 7) is -0.235. The highest BCUT2D eigenvalue weighted by Crippen LogP contribution is 2.29. The van der Waals surface area contributed by atoms with Crippen LogP contribution in [0.3, 0.4) is 0 Å². The molecule has 1 N–H and O–H groups in total. The molecule has 9 nitrogen and oxygen atoms in total. The predicted octanol–water partition coefficient (Wildman–Crippen LogP) is 1.62. The topological polar surface area (TPSA) is 113 Å². The number of amides is 2. The van der Waals surface area contributed by atoms with Crippen molar-refractivity contribution in [3.05, 3.63) is 54.6 Å². The van der Waals surface area contributed by atoms with E-state index < -0.39 is 34.4 Å². The van der Waals surface area contributed by atoms with E-state index in [-0.39, 0.29) is 30.4 Å². The van der Waals surface area contributed by atoms with E-state index in [9.17, 15) is 22.8 Å². The number of carbonyl (C=O) groups is 3. The molecular formula is C22H23N3O6S. The maximum Gasteiger partial charge on any atom is 0.309 e. The molecule has 0 aliphatic carbocycles. The molecule has 0 radical (unpaired) electrons. The molecule has 0 bridgehead atoms. The molecule has 2 aliphatic rings. The highest BCUT2D eigenvalue weighted by molar-refractivity contribution is 7.89. The standard InChI is InChI=1S/C22H23N3O6S/c26-20-14-25(19-9-5-4-8-18(19)23-20)21(27)15-31-22(28)16-10-12-24(13-11-16)32(29,30)17-6-2-1-3-7-17/h1-9,16H,10-15H2,(H,23,26). The lowest BCUT2D eigenvalue weighted by atomic mass is 9.98. The Morgan fingerprint density at radius 2 is 1.66 bits per heavy atom. The molecule has 0 spiro atoms. The number of anilines is 2. The number of nitrogens with one attached hydrogen (secondary N) is 1. The molecule has 168 valence electrons. The average molecular weight is 458 g/mol. The number of piperidine rings is 1. The highest BCUT2D eigenvalue weighted by atomic mass is 32.2. The number of esters is 1. The van der Waals surface area contributed by atoms with Crippen LogP contribution in [0.4, 0.5) is 11.4 Å². The fourth-order valence-corrected chi connectivity index (χ4v) is 5.35. The van der Waals surface area contributed by atoms with Gasteiger partial charge in [0.05, 0.1) is 22.2 Å². The predicted molar refractivity (Wildman–Crippen MR) is 116 cm³/mol. The van der Waals surface area contributed by atoms with Gasteiger partial charge in [0.1, 0.15) is 6.54 Å². The summed E-state index contributed by atoms with van der Waals surface area (Å²) >= 11 is 0. The van der Waals surface area contributed by atoms with Crippen molar-refractivity contribution in [2.45, 2.75) is 17.7 Å². The smallest absolute Gasteiger partial charge is 0.309 e. The van der Waals surface area contributed by atoms with Gasteiger partial charge in [0.15, 0.2) is 6.61 Å². The lowest BCUT2D eigenvalue weighted by Gasteiger charge is -2.31. The summed E-state index contributed by atoms with van der Waals surface area (Å²) in [5, 5.41) is 2.70. The zero-order valence-corrected chi connectivity index (χ0v) is 18.1. The van der Waals surface area contributed by atoms with Crippen LogP contribution in [-0.4, -0.2) is 56.7 Å². The number of para-hydroxylation sites is 2. The van der Waals surface area contributed by atoms with Gasteiger partial charge in [-0.15, -0.1) is 0 Å². The summed E-state index contributed by atoms with van der Waals surface area (Å²) in [5.41, 5.74) is 1.07. The van der Waals surface area contributed by atoms with Crippen LogP contribution in [0.5, 0.6) is 0 Å². The van der Waals surface area contributed by atoms with Crippen molar-refractivity contribution in [1.29, 1.82) is 0 Å². The van der Waals surface area contributed by atoms with Crippen LogP contribution >= 0.6 is 0 Å². The molecule has 1 saturated heterocycles. The van der Waals surface area contributed by atoms with Crippen molar-refractivity contribution in [3.63, 3.8) is 0 Å². The first-order chi connectivity index (χ1) is 15.4. The van der Waals surface area contributed by atoms with E-state index in [1.807, 2.05) is 0 Å². The van der Waals surface area contributed by atoms with E-state index in [2.05, 4.69) is 5.32 Å². The Kier molecular flexibility index (Phi) is 6.24. The monoisotopic (exact) mass is 457 g/mol. The molecule has 0 atom stereocenters. The minimum absolute atomic E-state index is 0.150. The first-order valence-electron chi connectivity index (χ1n) is 10.3. The molecule has 2 heterocycles. The van der Waals surface area contributed by atoms with Gasteiger partial charge in [-0.3, -0.25) is 19.3 Å². The summed E-state index contributed by atoms with van der Waals surface area (Å²) < 4.78 is 32.0. The lowest BCUT2D eigenvalue weighted by molar-refractivity contribution is -0.153. The van der Waals surface area contributed by atoms with Crippen molar-refractivity contribution in [2.24, 2.45) is 5.92 Å². The number of hydrogen-bond donors (Lipinski definition) is 1. The molecule has 2 aromatic carbocycles. The van der Waals surface area contributed by atoms with Gasteiger partial charge in [-0.1, -0.05) is 30.3 Å². The molecule has 10 heteroatoms. The minimum atomic E-state index is -3.60. The fraction of sp³-hybridized carbons (Fsp3) is 0.318. The van der Waals surface area contributed by atoms with Crippen LogP contribution in [0.25, 0.3) is 0 Å². The van der Waals surface area contributed by atoms with Gasteiger partial charge < -0.3 is 10.1 Å². The molecule has 2 amide bonds. The summed E-state index contributed by atoms with van der Waals surface area (Å²) in [7, 11) is -3.60. The molecule has 32 heavy (non-hydrogen) atoms. The normalized spacial score (nSPS) is 17.4. The summed E-state index contributed by atoms with van der Waals surface area (Å²) in [6.07, 6.45) is 0.627. The first-order valence-corrected chi connectivity index (χ1v) is 11.7. The molecule has 0 saturated carbocycles. The largest absolute Gasteiger partial charge is 0.455 e. The zero-order valence-electron chi connectivity index (χ0n) is 17.3. The van der Waals surface area contributed by atoms with Crippen LogP contribution in [0.15, 0.2) is 59.5 Å². The molecule has 1 fully saturated rings. The maximum absolute atomic E-state index is 12.7. The molecule has 4 rings (SSSR count). The zero-order chi connectivity index (χ0) is 22.7. The van der Waals surface area contributed by atoms with Gasteiger partial charge in [0, 0.05) is 13.1 Å². The van der Waals surface area contributed by atoms with Crippen LogP contribution in [-0.2, 0) is 29.1 Å². The van der Waals surface area contributed by atoms with E-state index in [0.29, 0.717) is 24.2 Å². The van der Waals surface area contributed by atoms with Crippen molar-refractivity contribution in [2.75, 3.05) is 36.5 Å². The number of benzene rings is 2. The quantitative estimate of drug-likeness (QED) is 0.683. The van der Waals surface area contributed by atoms with Gasteiger partial charge in [-0.05, 0) is 37.1 Å². The van der Waals surface area contributed by atoms with Gasteiger partial charge in [-0.2, -0.15) is 4.31 Å². The molecule has 0 aromatic heterocycles. The second kappa shape index (κ2) is 9.09. The summed E-state index contributed by atoms with van der Waals surface area (Å²) in [4.78, 5) is 38.5. The van der Waals surface area contributed by atoms with E-state index in [0.717, 1.165) is 0 Å². The fourth-order valence-electron chi connectivity index (χ4n) is 3.86. The minimum Gasteiger partial charge on any atom is -0.455 e. The van der Waals surface area contributed by atoms with Crippen molar-refractivity contribution < 1.29 is 27.5 Å². The van der Waals surface area contributed by atoms with Crippen LogP contribution in [0.1, 0.15) is 12.8 Å². The van der Waals surface area contributed by atoms with Crippen LogP contribution in [0.2, 0.25) is 0 Å². The van der Waals surface area contributed by atoms with Crippen molar-refractivity contribution >= 4 is 39.2 Å². The third-order valence-corrected chi connectivity index (χ3v) is 7.49. The SMILES string of the molecule is O=C1CN(C(=O)COC(=O)C2CCN(S(=O)(=O)c3ccccc3)CC2)c2ccccc2N1. The Morgan fingerprint density at radius 3 is 2.38 bits per heavy atom. The Morgan fingerprint density at radius 1 is 1.00 bits per heavy atom. The number of fused-ring (bicyclic) bond motifs is 1. The van der Waals surface area contributed by atoms with Gasteiger partial charge >= 0.3 is 5.97 Å². The summed E-state index contributed by atoms with van der Waals surface area (Å²) in [6, 6.07) is 15.1. The van der Waals surface area contributed by atoms with E-state index in [1.54, 1.807) is 54.6 Å². The van der Waals surface area contributed by atoms with Gasteiger partial charge in [0.25, 0.3) is 5.91 Å². The molecular weight excluding hydrogens is 434 g/mol. The van der Waals surface area contributed by atoms with Crippen LogP contribution < -0.4 is 10.2 Å². The summed E-state index contributed by atoms with van der Waals surface area (Å²) in [5.74, 6) is -1.84. The van der Waals surface area contributed by atoms with Gasteiger partial charge in [0.2, 0.25) is 15.9 Å². The average Bonchev–Trinajstić information content (AvgIpc) is 2.82. The second-order valence-electron chi connectivity index (χ2n) is 7.64. The Balaban J connectivity index is 1.31. The van der Waals surface area contributed by atoms with E-state index in [1.165, 1.54) is 9.21 Å². The van der Waals surface area contributed by atoms with Crippen LogP contribution in [0, 0.1) is 5.92 Å². The Bertz CT molecular complexity index is 1130. The van der Waals surface area contributed by atoms with E-state index in [4.69, 9.17) is 4.74 Å². The maximum atomic E-state index is 12.7. The Labute approximate surface area is 186 Å². The number of sulfonamides is 1. The Hall–Kier alpha value is -3.24. The lowest BCUT2D eigenvalue weighted by Crippen LogP contribution is -2.44. The van der Waals surface area contributed by atoms with Crippen molar-refractivity contribution in [1.82, 2.24) is 4.31 Å². The van der Waals surface area contributed by atoms with E-state index >= 15 is 0 Å². The number of ether oxygens (including phenoxy) is 1. The number of carbonyl (C=O) groups excluding carboxylic acids is 3. The molecule has 2 aromatic rings. The number of hydrogen-bond acceptors (Lipinski definition) is 6. The highest BCUT2D eigenvalue weighted by Gasteiger charge is 2.33. The molecule has 0 unspecified atom stereocenters. The number of nitrogens with zero attached hydrogens (tertiary/aromatic N) is 2. The van der Waals surface area contributed by atoms with Crippen molar-refractivity contribution in [3.8, 4) is 0 Å².